The quantitative estimate of drug-likeness (QED) is 0.929. The second-order valence-electron chi connectivity index (χ2n) is 5.24. The molecule has 0 spiro atoms. The maximum absolute atomic E-state index is 12.9. The highest BCUT2D eigenvalue weighted by molar-refractivity contribution is 7.89. The third-order valence-electron chi connectivity index (χ3n) is 3.69. The van der Waals surface area contributed by atoms with E-state index in [4.69, 9.17) is 0 Å². The third kappa shape index (κ3) is 3.25. The molecule has 0 aromatic heterocycles. The second-order valence-corrected chi connectivity index (χ2v) is 6.96. The highest BCUT2D eigenvalue weighted by Crippen LogP contribution is 2.22. The number of benzene rings is 2. The molecule has 1 aliphatic heterocycles. The van der Waals surface area contributed by atoms with Crippen molar-refractivity contribution in [2.45, 2.75) is 17.4 Å². The van der Waals surface area contributed by atoms with Crippen molar-refractivity contribution < 1.29 is 17.6 Å². The molecule has 1 saturated heterocycles. The molecule has 1 amide bonds. The number of sulfonamides is 1. The first-order valence-electron chi connectivity index (χ1n) is 7.12. The van der Waals surface area contributed by atoms with Gasteiger partial charge in [0.05, 0.1) is 4.90 Å². The van der Waals surface area contributed by atoms with Gasteiger partial charge in [-0.1, -0.05) is 18.2 Å². The molecule has 23 heavy (non-hydrogen) atoms. The highest BCUT2D eigenvalue weighted by atomic mass is 32.2. The fraction of sp³-hybridized carbons (Fsp3) is 0.188. The Hall–Kier alpha value is -2.25. The average molecular weight is 334 g/mol. The number of hydrogen-bond acceptors (Lipinski definition) is 3. The van der Waals surface area contributed by atoms with Crippen molar-refractivity contribution in [1.82, 2.24) is 4.72 Å². The van der Waals surface area contributed by atoms with Gasteiger partial charge in [0.15, 0.2) is 0 Å². The standard InChI is InChI=1S/C16H15FN2O3S/c17-12-6-8-14(9-7-12)23(21,22)18-15-10-11-19(16(15)20)13-4-2-1-3-5-13/h1-9,15,18H,10-11H2/t15-/m0/s1. The van der Waals surface area contributed by atoms with Gasteiger partial charge >= 0.3 is 0 Å². The first-order chi connectivity index (χ1) is 11.0. The summed E-state index contributed by atoms with van der Waals surface area (Å²) >= 11 is 0. The zero-order valence-electron chi connectivity index (χ0n) is 12.1. The zero-order valence-corrected chi connectivity index (χ0v) is 13.0. The van der Waals surface area contributed by atoms with E-state index in [9.17, 15) is 17.6 Å². The van der Waals surface area contributed by atoms with Gasteiger partial charge in [-0.25, -0.2) is 12.8 Å². The Balaban J connectivity index is 1.76. The molecule has 1 atom stereocenters. The van der Waals surface area contributed by atoms with Crippen LogP contribution in [0.5, 0.6) is 0 Å². The Morgan fingerprint density at radius 1 is 1.04 bits per heavy atom. The van der Waals surface area contributed by atoms with Crippen LogP contribution in [-0.2, 0) is 14.8 Å². The summed E-state index contributed by atoms with van der Waals surface area (Å²) in [6.07, 6.45) is 0.383. The molecule has 1 aliphatic rings. The Kier molecular flexibility index (Phi) is 4.14. The minimum atomic E-state index is -3.86. The van der Waals surface area contributed by atoms with Crippen LogP contribution in [0.1, 0.15) is 6.42 Å². The number of carbonyl (C=O) groups excluding carboxylic acids is 1. The van der Waals surface area contributed by atoms with E-state index >= 15 is 0 Å². The van der Waals surface area contributed by atoms with Crippen molar-refractivity contribution in [3.05, 3.63) is 60.4 Å². The predicted octanol–water partition coefficient (Wildman–Crippen LogP) is 1.91. The van der Waals surface area contributed by atoms with Crippen LogP contribution in [0.4, 0.5) is 10.1 Å². The lowest BCUT2D eigenvalue weighted by atomic mass is 10.3. The van der Waals surface area contributed by atoms with Crippen LogP contribution in [0.25, 0.3) is 0 Å². The van der Waals surface area contributed by atoms with Crippen molar-refractivity contribution in [1.29, 1.82) is 0 Å². The van der Waals surface area contributed by atoms with Crippen LogP contribution in [0.15, 0.2) is 59.5 Å². The summed E-state index contributed by atoms with van der Waals surface area (Å²) in [5.74, 6) is -0.807. The van der Waals surface area contributed by atoms with Gasteiger partial charge in [-0.05, 0) is 42.8 Å². The molecule has 3 rings (SSSR count). The van der Waals surface area contributed by atoms with E-state index in [1.807, 2.05) is 18.2 Å². The highest BCUT2D eigenvalue weighted by Gasteiger charge is 2.35. The molecule has 0 bridgehead atoms. The number of amides is 1. The first kappa shape index (κ1) is 15.6. The smallest absolute Gasteiger partial charge is 0.245 e. The van der Waals surface area contributed by atoms with Crippen LogP contribution < -0.4 is 9.62 Å². The topological polar surface area (TPSA) is 66.5 Å². The molecule has 5 nitrogen and oxygen atoms in total. The summed E-state index contributed by atoms with van der Waals surface area (Å²) in [4.78, 5) is 13.9. The molecule has 7 heteroatoms. The summed E-state index contributed by atoms with van der Waals surface area (Å²) in [7, 11) is -3.86. The molecule has 120 valence electrons. The van der Waals surface area contributed by atoms with E-state index in [1.165, 1.54) is 12.1 Å². The van der Waals surface area contributed by atoms with Gasteiger partial charge in [-0.2, -0.15) is 4.72 Å². The van der Waals surface area contributed by atoms with Crippen LogP contribution >= 0.6 is 0 Å². The van der Waals surface area contributed by atoms with Gasteiger partial charge < -0.3 is 4.90 Å². The fourth-order valence-corrected chi connectivity index (χ4v) is 3.75. The van der Waals surface area contributed by atoms with Gasteiger partial charge in [0.25, 0.3) is 0 Å². The minimum absolute atomic E-state index is 0.0649. The molecule has 0 aliphatic carbocycles. The molecule has 1 fully saturated rings. The summed E-state index contributed by atoms with van der Waals surface area (Å²) in [6.45, 7) is 0.444. The normalized spacial score (nSPS) is 18.4. The number of para-hydroxylation sites is 1. The monoisotopic (exact) mass is 334 g/mol. The van der Waals surface area contributed by atoms with Crippen LogP contribution in [0, 0.1) is 5.82 Å². The molecule has 0 saturated carbocycles. The predicted molar refractivity (Wildman–Crippen MR) is 83.9 cm³/mol. The summed E-state index contributed by atoms with van der Waals surface area (Å²) in [5.41, 5.74) is 0.737. The van der Waals surface area contributed by atoms with Gasteiger partial charge in [-0.15, -0.1) is 0 Å². The summed E-state index contributed by atoms with van der Waals surface area (Å²) < 4.78 is 39.9. The Labute approximate surface area is 133 Å². The lowest BCUT2D eigenvalue weighted by Gasteiger charge is -2.17. The van der Waals surface area contributed by atoms with Crippen LogP contribution in [0.2, 0.25) is 0 Å². The largest absolute Gasteiger partial charge is 0.311 e. The molecule has 0 unspecified atom stereocenters. The molecule has 1 heterocycles. The van der Waals surface area contributed by atoms with Crippen molar-refractivity contribution >= 4 is 21.6 Å². The maximum Gasteiger partial charge on any atom is 0.245 e. The van der Waals surface area contributed by atoms with Crippen LogP contribution in [0.3, 0.4) is 0 Å². The summed E-state index contributed by atoms with van der Waals surface area (Å²) in [5, 5.41) is 0. The van der Waals surface area contributed by atoms with E-state index in [2.05, 4.69) is 4.72 Å². The fourth-order valence-electron chi connectivity index (χ4n) is 2.52. The molecular formula is C16H15FN2O3S. The molecule has 2 aromatic carbocycles. The Bertz CT molecular complexity index is 807. The molecule has 2 aromatic rings. The summed E-state index contributed by atoms with van der Waals surface area (Å²) in [6, 6.07) is 12.8. The number of halogens is 1. The van der Waals surface area contributed by atoms with Crippen LogP contribution in [-0.4, -0.2) is 26.9 Å². The van der Waals surface area contributed by atoms with Gasteiger partial charge in [0, 0.05) is 12.2 Å². The number of nitrogens with zero attached hydrogens (tertiary/aromatic N) is 1. The molecular weight excluding hydrogens is 319 g/mol. The molecule has 1 N–H and O–H groups in total. The van der Waals surface area contributed by atoms with E-state index in [0.717, 1.165) is 17.8 Å². The third-order valence-corrected chi connectivity index (χ3v) is 5.18. The van der Waals surface area contributed by atoms with Crippen molar-refractivity contribution in [3.63, 3.8) is 0 Å². The minimum Gasteiger partial charge on any atom is -0.311 e. The van der Waals surface area contributed by atoms with Crippen molar-refractivity contribution in [2.24, 2.45) is 0 Å². The van der Waals surface area contributed by atoms with Crippen molar-refractivity contribution in [3.8, 4) is 0 Å². The second kappa shape index (κ2) is 6.10. The van der Waals surface area contributed by atoms with E-state index in [0.29, 0.717) is 13.0 Å². The lowest BCUT2D eigenvalue weighted by Crippen LogP contribution is -2.41. The average Bonchev–Trinajstić information content (AvgIpc) is 2.89. The number of anilines is 1. The van der Waals surface area contributed by atoms with E-state index in [-0.39, 0.29) is 10.8 Å². The van der Waals surface area contributed by atoms with Gasteiger partial charge in [0.2, 0.25) is 15.9 Å². The number of nitrogens with one attached hydrogen (secondary N) is 1. The maximum atomic E-state index is 12.9. The Morgan fingerprint density at radius 3 is 2.35 bits per heavy atom. The number of rotatable bonds is 4. The van der Waals surface area contributed by atoms with Crippen molar-refractivity contribution in [2.75, 3.05) is 11.4 Å². The Morgan fingerprint density at radius 2 is 1.70 bits per heavy atom. The molecule has 0 radical (unpaired) electrons. The SMILES string of the molecule is O=C1[C@@H](NS(=O)(=O)c2ccc(F)cc2)CCN1c1ccccc1. The number of carbonyl (C=O) groups is 1. The lowest BCUT2D eigenvalue weighted by molar-refractivity contribution is -0.118. The van der Waals surface area contributed by atoms with E-state index in [1.54, 1.807) is 17.0 Å². The van der Waals surface area contributed by atoms with Gasteiger partial charge in [-0.3, -0.25) is 4.79 Å². The van der Waals surface area contributed by atoms with Gasteiger partial charge in [0.1, 0.15) is 11.9 Å². The zero-order chi connectivity index (χ0) is 16.4. The van der Waals surface area contributed by atoms with E-state index < -0.39 is 21.9 Å². The first-order valence-corrected chi connectivity index (χ1v) is 8.60. The number of hydrogen-bond donors (Lipinski definition) is 1.